The van der Waals surface area contributed by atoms with Crippen molar-refractivity contribution in [2.45, 2.75) is 39.5 Å². The van der Waals surface area contributed by atoms with E-state index in [1.165, 1.54) is 31.3 Å². The van der Waals surface area contributed by atoms with Crippen LogP contribution >= 0.6 is 11.6 Å². The number of carbonyl (C=O) groups is 4. The number of anilines is 1. The molecule has 3 amide bonds. The van der Waals surface area contributed by atoms with Crippen molar-refractivity contribution in [3.63, 3.8) is 0 Å². The predicted molar refractivity (Wildman–Crippen MR) is 136 cm³/mol. The van der Waals surface area contributed by atoms with E-state index in [0.29, 0.717) is 22.8 Å². The second-order valence-electron chi connectivity index (χ2n) is 7.74. The monoisotopic (exact) mass is 518 g/mol. The number of nitrogens with zero attached hydrogens (tertiary/aromatic N) is 1. The van der Waals surface area contributed by atoms with E-state index >= 15 is 0 Å². The molecule has 0 atom stereocenters. The van der Waals surface area contributed by atoms with E-state index < -0.39 is 5.97 Å². The molecule has 2 aromatic carbocycles. The fourth-order valence-corrected chi connectivity index (χ4v) is 3.57. The first kappa shape index (κ1) is 28.6. The predicted octanol–water partition coefficient (Wildman–Crippen LogP) is 4.26. The van der Waals surface area contributed by atoms with Crippen molar-refractivity contribution in [1.29, 1.82) is 0 Å². The second-order valence-corrected chi connectivity index (χ2v) is 8.18. The summed E-state index contributed by atoms with van der Waals surface area (Å²) in [6, 6.07) is 9.84. The molecule has 194 valence electrons. The van der Waals surface area contributed by atoms with E-state index in [1.807, 2.05) is 0 Å². The van der Waals surface area contributed by atoms with Crippen molar-refractivity contribution < 1.29 is 33.4 Å². The van der Waals surface area contributed by atoms with Crippen LogP contribution in [-0.2, 0) is 25.5 Å². The largest absolute Gasteiger partial charge is 0.493 e. The molecule has 0 fully saturated rings. The number of rotatable bonds is 12. The molecule has 0 bridgehead atoms. The number of methoxy groups -OCH3 is 2. The quantitative estimate of drug-likeness (QED) is 0.330. The first-order valence-corrected chi connectivity index (χ1v) is 11.9. The summed E-state index contributed by atoms with van der Waals surface area (Å²) >= 11 is 6.00. The number of esters is 1. The van der Waals surface area contributed by atoms with E-state index in [1.54, 1.807) is 38.1 Å². The van der Waals surface area contributed by atoms with Crippen molar-refractivity contribution in [1.82, 2.24) is 4.90 Å². The van der Waals surface area contributed by atoms with E-state index in [0.717, 1.165) is 0 Å². The summed E-state index contributed by atoms with van der Waals surface area (Å²) < 4.78 is 16.0. The highest BCUT2D eigenvalue weighted by molar-refractivity contribution is 6.30. The topological polar surface area (TPSA) is 111 Å². The van der Waals surface area contributed by atoms with Gasteiger partial charge in [-0.15, -0.1) is 0 Å². The van der Waals surface area contributed by atoms with E-state index in [4.69, 9.17) is 25.8 Å². The van der Waals surface area contributed by atoms with Gasteiger partial charge in [0.25, 0.3) is 0 Å². The maximum absolute atomic E-state index is 12.8. The maximum Gasteiger partial charge on any atom is 0.340 e. The average Bonchev–Trinajstić information content (AvgIpc) is 2.87. The summed E-state index contributed by atoms with van der Waals surface area (Å²) in [7, 11) is 2.67. The molecule has 0 aliphatic carbocycles. The number of carbonyl (C=O) groups excluding carboxylic acids is 4. The zero-order valence-electron chi connectivity index (χ0n) is 20.9. The average molecular weight is 519 g/mol. The lowest BCUT2D eigenvalue weighted by atomic mass is 10.1. The molecule has 9 nitrogen and oxygen atoms in total. The van der Waals surface area contributed by atoms with Crippen LogP contribution in [0.4, 0.5) is 5.69 Å². The molecular weight excluding hydrogens is 488 g/mol. The third-order valence-electron chi connectivity index (χ3n) is 5.24. The van der Waals surface area contributed by atoms with E-state index in [-0.39, 0.29) is 67.1 Å². The summed E-state index contributed by atoms with van der Waals surface area (Å²) in [6.07, 6.45) is 0.806. The second kappa shape index (κ2) is 14.1. The van der Waals surface area contributed by atoms with Crippen LogP contribution in [0.5, 0.6) is 11.5 Å². The molecule has 0 heterocycles. The van der Waals surface area contributed by atoms with Gasteiger partial charge in [0.2, 0.25) is 17.7 Å². The molecule has 0 unspecified atom stereocenters. The molecule has 0 aliphatic rings. The minimum atomic E-state index is -0.653. The van der Waals surface area contributed by atoms with Gasteiger partial charge in [0, 0.05) is 36.5 Å². The number of benzene rings is 2. The number of imide groups is 1. The molecule has 0 saturated carbocycles. The van der Waals surface area contributed by atoms with Crippen LogP contribution in [0.2, 0.25) is 5.02 Å². The number of amides is 3. The van der Waals surface area contributed by atoms with Crippen LogP contribution in [0.3, 0.4) is 0 Å². The number of nitrogens with one attached hydrogen (secondary N) is 1. The Labute approximate surface area is 215 Å². The summed E-state index contributed by atoms with van der Waals surface area (Å²) in [5, 5.41) is 3.17. The van der Waals surface area contributed by atoms with Crippen LogP contribution < -0.4 is 14.8 Å². The van der Waals surface area contributed by atoms with Crippen molar-refractivity contribution in [2.24, 2.45) is 0 Å². The van der Waals surface area contributed by atoms with Gasteiger partial charge in [0.1, 0.15) is 0 Å². The molecule has 2 rings (SSSR count). The molecule has 0 aliphatic heterocycles. The Morgan fingerprint density at radius 2 is 1.72 bits per heavy atom. The van der Waals surface area contributed by atoms with Gasteiger partial charge in [-0.05, 0) is 24.1 Å². The number of hydrogen-bond donors (Lipinski definition) is 1. The molecule has 0 radical (unpaired) electrons. The van der Waals surface area contributed by atoms with Gasteiger partial charge in [-0.2, -0.15) is 0 Å². The zero-order chi connectivity index (χ0) is 26.7. The van der Waals surface area contributed by atoms with Crippen LogP contribution in [0.25, 0.3) is 0 Å². The summed E-state index contributed by atoms with van der Waals surface area (Å²) in [6.45, 7) is 3.67. The maximum atomic E-state index is 12.8. The summed E-state index contributed by atoms with van der Waals surface area (Å²) in [4.78, 5) is 50.6. The Hall–Kier alpha value is -3.59. The lowest BCUT2D eigenvalue weighted by molar-refractivity contribution is -0.144. The van der Waals surface area contributed by atoms with Gasteiger partial charge in [-0.3, -0.25) is 19.3 Å². The standard InChI is InChI=1S/C26H31ClN2O7/c1-5-23(30)28-20-16-21(34-3)22(15-19(20)26(33)35-4)36-12-8-11-29(24(31)6-2)25(32)14-17-9-7-10-18(27)13-17/h7,9-10,13,15-16H,5-6,8,11-12,14H2,1-4H3,(H,28,30). The molecule has 36 heavy (non-hydrogen) atoms. The third kappa shape index (κ3) is 7.98. The van der Waals surface area contributed by atoms with Crippen molar-refractivity contribution in [2.75, 3.05) is 32.7 Å². The van der Waals surface area contributed by atoms with E-state index in [2.05, 4.69) is 5.32 Å². The number of hydrogen-bond acceptors (Lipinski definition) is 7. The number of halogens is 1. The van der Waals surface area contributed by atoms with Crippen molar-refractivity contribution in [3.8, 4) is 11.5 Å². The summed E-state index contributed by atoms with van der Waals surface area (Å²) in [5.41, 5.74) is 1.06. The highest BCUT2D eigenvalue weighted by Crippen LogP contribution is 2.34. The van der Waals surface area contributed by atoms with Crippen LogP contribution in [0.1, 0.15) is 49.0 Å². The normalized spacial score (nSPS) is 10.4. The SMILES string of the molecule is CCC(=O)Nc1cc(OC)c(OCCCN(C(=O)CC)C(=O)Cc2cccc(Cl)c2)cc1C(=O)OC. The smallest absolute Gasteiger partial charge is 0.340 e. The molecular formula is C26H31ClN2O7. The molecule has 0 saturated heterocycles. The highest BCUT2D eigenvalue weighted by Gasteiger charge is 2.21. The Bertz CT molecular complexity index is 1100. The third-order valence-corrected chi connectivity index (χ3v) is 5.47. The summed E-state index contributed by atoms with van der Waals surface area (Å²) in [5.74, 6) is -0.993. The number of ether oxygens (including phenoxy) is 3. The van der Waals surface area contributed by atoms with Gasteiger partial charge >= 0.3 is 5.97 Å². The van der Waals surface area contributed by atoms with E-state index in [9.17, 15) is 19.2 Å². The van der Waals surface area contributed by atoms with Gasteiger partial charge in [-0.25, -0.2) is 4.79 Å². The Morgan fingerprint density at radius 3 is 2.33 bits per heavy atom. The van der Waals surface area contributed by atoms with Crippen molar-refractivity contribution in [3.05, 3.63) is 52.5 Å². The molecule has 0 spiro atoms. The zero-order valence-corrected chi connectivity index (χ0v) is 21.6. The van der Waals surface area contributed by atoms with Gasteiger partial charge in [0.05, 0.1) is 38.5 Å². The van der Waals surface area contributed by atoms with Gasteiger partial charge in [0.15, 0.2) is 11.5 Å². The van der Waals surface area contributed by atoms with Crippen LogP contribution in [0, 0.1) is 0 Å². The molecule has 1 N–H and O–H groups in total. The minimum Gasteiger partial charge on any atom is -0.493 e. The first-order valence-electron chi connectivity index (χ1n) is 11.5. The van der Waals surface area contributed by atoms with Gasteiger partial charge in [-0.1, -0.05) is 37.6 Å². The fourth-order valence-electron chi connectivity index (χ4n) is 3.35. The molecule has 10 heteroatoms. The van der Waals surface area contributed by atoms with Crippen molar-refractivity contribution >= 4 is 41.0 Å². The highest BCUT2D eigenvalue weighted by atomic mass is 35.5. The Morgan fingerprint density at radius 1 is 0.972 bits per heavy atom. The minimum absolute atomic E-state index is 0.0500. The fraction of sp³-hybridized carbons (Fsp3) is 0.385. The molecule has 0 aromatic heterocycles. The van der Waals surface area contributed by atoms with Crippen LogP contribution in [-0.4, -0.2) is 56.0 Å². The lowest BCUT2D eigenvalue weighted by Crippen LogP contribution is -2.38. The molecule has 2 aromatic rings. The van der Waals surface area contributed by atoms with Crippen LogP contribution in [0.15, 0.2) is 36.4 Å². The Balaban J connectivity index is 2.11. The lowest BCUT2D eigenvalue weighted by Gasteiger charge is -2.21. The first-order chi connectivity index (χ1) is 17.2. The Kier molecular flexibility index (Phi) is 11.2. The van der Waals surface area contributed by atoms with Gasteiger partial charge < -0.3 is 19.5 Å².